The Hall–Kier alpha value is -3.47. The number of hydrogen-bond donors (Lipinski definition) is 2. The highest BCUT2D eigenvalue weighted by Gasteiger charge is 2.18. The van der Waals surface area contributed by atoms with E-state index in [0.29, 0.717) is 11.3 Å². The molecule has 2 aromatic heterocycles. The highest BCUT2D eigenvalue weighted by molar-refractivity contribution is 6.17. The van der Waals surface area contributed by atoms with Crippen molar-refractivity contribution in [1.82, 2.24) is 15.2 Å². The molecule has 5 heteroatoms. The molecule has 0 saturated carbocycles. The van der Waals surface area contributed by atoms with Crippen LogP contribution in [-0.2, 0) is 0 Å². The zero-order valence-electron chi connectivity index (χ0n) is 12.7. The van der Waals surface area contributed by atoms with Gasteiger partial charge in [0.1, 0.15) is 5.69 Å². The molecule has 24 heavy (non-hydrogen) atoms. The molecular formula is C19H14N4O. The van der Waals surface area contributed by atoms with Crippen molar-refractivity contribution in [1.29, 1.82) is 0 Å². The van der Waals surface area contributed by atoms with Crippen molar-refractivity contribution in [2.75, 3.05) is 5.32 Å². The normalized spacial score (nSPS) is 10.7. The Bertz CT molecular complexity index is 1010. The average molecular weight is 314 g/mol. The first-order chi connectivity index (χ1) is 11.8. The summed E-state index contributed by atoms with van der Waals surface area (Å²) in [6.45, 7) is 0. The first-order valence-electron chi connectivity index (χ1n) is 7.57. The van der Waals surface area contributed by atoms with Crippen LogP contribution in [-0.4, -0.2) is 21.0 Å². The molecule has 2 heterocycles. The number of ketones is 1. The van der Waals surface area contributed by atoms with Crippen LogP contribution in [0.2, 0.25) is 0 Å². The van der Waals surface area contributed by atoms with E-state index in [0.717, 1.165) is 22.3 Å². The lowest BCUT2D eigenvalue weighted by Gasteiger charge is -2.10. The molecule has 0 saturated heterocycles. The zero-order chi connectivity index (χ0) is 16.4. The minimum Gasteiger partial charge on any atom is -0.355 e. The van der Waals surface area contributed by atoms with Gasteiger partial charge >= 0.3 is 0 Å². The van der Waals surface area contributed by atoms with Gasteiger partial charge in [-0.1, -0.05) is 30.3 Å². The van der Waals surface area contributed by atoms with Gasteiger partial charge in [-0.05, 0) is 30.3 Å². The summed E-state index contributed by atoms with van der Waals surface area (Å²) in [6.07, 6.45) is 3.40. The number of H-pyrrole nitrogens is 1. The number of rotatable bonds is 4. The van der Waals surface area contributed by atoms with Crippen LogP contribution < -0.4 is 5.32 Å². The van der Waals surface area contributed by atoms with E-state index >= 15 is 0 Å². The fraction of sp³-hybridized carbons (Fsp3) is 0. The van der Waals surface area contributed by atoms with E-state index in [-0.39, 0.29) is 5.78 Å². The number of carbonyl (C=O) groups excluding carboxylic acids is 1. The Morgan fingerprint density at radius 1 is 0.917 bits per heavy atom. The van der Waals surface area contributed by atoms with Gasteiger partial charge in [0.2, 0.25) is 5.78 Å². The summed E-state index contributed by atoms with van der Waals surface area (Å²) in [5.74, 6) is -0.121. The van der Waals surface area contributed by atoms with Crippen LogP contribution in [0, 0.1) is 0 Å². The van der Waals surface area contributed by atoms with Crippen LogP contribution in [0.3, 0.4) is 0 Å². The number of benzene rings is 2. The Morgan fingerprint density at radius 2 is 1.67 bits per heavy atom. The van der Waals surface area contributed by atoms with Crippen LogP contribution >= 0.6 is 0 Å². The van der Waals surface area contributed by atoms with E-state index in [1.165, 1.54) is 0 Å². The summed E-state index contributed by atoms with van der Waals surface area (Å²) < 4.78 is 0. The van der Waals surface area contributed by atoms with Crippen molar-refractivity contribution in [2.45, 2.75) is 0 Å². The van der Waals surface area contributed by atoms with Crippen molar-refractivity contribution in [3.63, 3.8) is 0 Å². The predicted octanol–water partition coefficient (Wildman–Crippen LogP) is 3.93. The molecule has 0 fully saturated rings. The number of aromatic amines is 1. The number of anilines is 2. The van der Waals surface area contributed by atoms with Crippen LogP contribution in [0.15, 0.2) is 73.1 Å². The van der Waals surface area contributed by atoms with Gasteiger partial charge in [-0.2, -0.15) is 5.10 Å². The third-order valence-electron chi connectivity index (χ3n) is 3.82. The maximum Gasteiger partial charge on any atom is 0.215 e. The second-order valence-corrected chi connectivity index (χ2v) is 5.35. The highest BCUT2D eigenvalue weighted by atomic mass is 16.1. The average Bonchev–Trinajstić information content (AvgIpc) is 3.07. The number of carbonyl (C=O) groups is 1. The van der Waals surface area contributed by atoms with E-state index in [1.54, 1.807) is 18.5 Å². The molecule has 5 nitrogen and oxygen atoms in total. The Kier molecular flexibility index (Phi) is 3.51. The maximum absolute atomic E-state index is 13.0. The second kappa shape index (κ2) is 5.96. The van der Waals surface area contributed by atoms with E-state index in [1.807, 2.05) is 54.6 Å². The number of pyridine rings is 1. The van der Waals surface area contributed by atoms with Gasteiger partial charge < -0.3 is 5.32 Å². The first kappa shape index (κ1) is 14.1. The van der Waals surface area contributed by atoms with Crippen molar-refractivity contribution in [3.05, 3.63) is 84.3 Å². The molecule has 0 aliphatic rings. The van der Waals surface area contributed by atoms with Crippen LogP contribution in [0.25, 0.3) is 10.9 Å². The Labute approximate surface area is 138 Å². The topological polar surface area (TPSA) is 70.7 Å². The molecular weight excluding hydrogens is 300 g/mol. The molecule has 116 valence electrons. The van der Waals surface area contributed by atoms with Gasteiger partial charge in [-0.3, -0.25) is 14.9 Å². The van der Waals surface area contributed by atoms with Crippen LogP contribution in [0.1, 0.15) is 16.1 Å². The Balaban J connectivity index is 1.75. The van der Waals surface area contributed by atoms with Crippen molar-refractivity contribution < 1.29 is 4.79 Å². The Morgan fingerprint density at radius 3 is 2.54 bits per heavy atom. The smallest absolute Gasteiger partial charge is 0.215 e. The summed E-state index contributed by atoms with van der Waals surface area (Å²) in [6, 6.07) is 18.7. The number of para-hydroxylation sites is 2. The van der Waals surface area contributed by atoms with Crippen molar-refractivity contribution in [3.8, 4) is 0 Å². The summed E-state index contributed by atoms with van der Waals surface area (Å²) in [7, 11) is 0. The summed E-state index contributed by atoms with van der Waals surface area (Å²) in [5.41, 5.74) is 3.46. The lowest BCUT2D eigenvalue weighted by Crippen LogP contribution is -2.06. The minimum absolute atomic E-state index is 0.121. The highest BCUT2D eigenvalue weighted by Crippen LogP contribution is 2.25. The molecule has 4 rings (SSSR count). The molecule has 0 amide bonds. The lowest BCUT2D eigenvalue weighted by molar-refractivity contribution is 0.103. The molecule has 0 bridgehead atoms. The van der Waals surface area contributed by atoms with E-state index in [4.69, 9.17) is 0 Å². The summed E-state index contributed by atoms with van der Waals surface area (Å²) >= 11 is 0. The van der Waals surface area contributed by atoms with Gasteiger partial charge in [-0.25, -0.2) is 0 Å². The van der Waals surface area contributed by atoms with Gasteiger partial charge in [0.05, 0.1) is 5.52 Å². The predicted molar refractivity (Wildman–Crippen MR) is 93.5 cm³/mol. The third-order valence-corrected chi connectivity index (χ3v) is 3.82. The fourth-order valence-electron chi connectivity index (χ4n) is 2.64. The molecule has 4 aromatic rings. The van der Waals surface area contributed by atoms with Crippen LogP contribution in [0.5, 0.6) is 0 Å². The number of nitrogens with zero attached hydrogens (tertiary/aromatic N) is 2. The molecule has 0 aliphatic carbocycles. The molecule has 0 atom stereocenters. The first-order valence-corrected chi connectivity index (χ1v) is 7.57. The standard InChI is InChI=1S/C19H14N4O/c24-19(18-14-5-1-4-8-17(14)22-23-18)15-6-2-3-7-16(15)21-13-9-11-20-12-10-13/h1-12H,(H,20,21)(H,22,23). The zero-order valence-corrected chi connectivity index (χ0v) is 12.7. The van der Waals surface area contributed by atoms with Crippen LogP contribution in [0.4, 0.5) is 11.4 Å². The molecule has 0 aliphatic heterocycles. The SMILES string of the molecule is O=C(c1ccccc1Nc1ccncc1)c1n[nH]c2ccccc12. The van der Waals surface area contributed by atoms with Gasteiger partial charge in [0, 0.05) is 34.7 Å². The lowest BCUT2D eigenvalue weighted by atomic mass is 10.0. The van der Waals surface area contributed by atoms with Crippen molar-refractivity contribution in [2.24, 2.45) is 0 Å². The molecule has 2 N–H and O–H groups in total. The summed E-state index contributed by atoms with van der Waals surface area (Å²) in [4.78, 5) is 17.0. The second-order valence-electron chi connectivity index (χ2n) is 5.35. The number of hydrogen-bond acceptors (Lipinski definition) is 4. The summed E-state index contributed by atoms with van der Waals surface area (Å²) in [5, 5.41) is 11.2. The molecule has 0 radical (unpaired) electrons. The maximum atomic E-state index is 13.0. The monoisotopic (exact) mass is 314 g/mol. The number of nitrogens with one attached hydrogen (secondary N) is 2. The van der Waals surface area contributed by atoms with Gasteiger partial charge in [0.15, 0.2) is 0 Å². The molecule has 0 unspecified atom stereocenters. The van der Waals surface area contributed by atoms with E-state index in [9.17, 15) is 4.79 Å². The fourth-order valence-corrected chi connectivity index (χ4v) is 2.64. The minimum atomic E-state index is -0.121. The molecule has 0 spiro atoms. The quantitative estimate of drug-likeness (QED) is 0.560. The third kappa shape index (κ3) is 2.52. The number of fused-ring (bicyclic) bond motifs is 1. The largest absolute Gasteiger partial charge is 0.355 e. The van der Waals surface area contributed by atoms with E-state index < -0.39 is 0 Å². The van der Waals surface area contributed by atoms with Crippen molar-refractivity contribution >= 4 is 28.1 Å². The van der Waals surface area contributed by atoms with Gasteiger partial charge in [0.25, 0.3) is 0 Å². The van der Waals surface area contributed by atoms with Gasteiger partial charge in [-0.15, -0.1) is 0 Å². The van der Waals surface area contributed by atoms with E-state index in [2.05, 4.69) is 20.5 Å². The number of aromatic nitrogens is 3. The molecule has 2 aromatic carbocycles.